The van der Waals surface area contributed by atoms with E-state index < -0.39 is 5.91 Å². The van der Waals surface area contributed by atoms with Gasteiger partial charge in [0.15, 0.2) is 0 Å². The van der Waals surface area contributed by atoms with E-state index in [0.29, 0.717) is 11.7 Å². The van der Waals surface area contributed by atoms with Gasteiger partial charge in [-0.1, -0.05) is 12.1 Å². The van der Waals surface area contributed by atoms with E-state index in [0.717, 1.165) is 31.4 Å². The highest BCUT2D eigenvalue weighted by atomic mass is 16.5. The molecule has 0 aliphatic carbocycles. The summed E-state index contributed by atoms with van der Waals surface area (Å²) >= 11 is 0. The van der Waals surface area contributed by atoms with Gasteiger partial charge in [0.05, 0.1) is 12.2 Å². The van der Waals surface area contributed by atoms with Crippen LogP contribution in [0.4, 0.5) is 5.82 Å². The zero-order valence-electron chi connectivity index (χ0n) is 11.1. The molecule has 0 spiro atoms. The molecule has 0 saturated carbocycles. The third kappa shape index (κ3) is 2.42. The Kier molecular flexibility index (Phi) is 3.46. The Morgan fingerprint density at radius 2 is 2.50 bits per heavy atom. The maximum atomic E-state index is 12.0. The molecule has 2 aromatic heterocycles. The SMILES string of the molecule is CCc1cn[nH]c1NC(=O)c1noc(C2CCCN2)n1. The highest BCUT2D eigenvalue weighted by Crippen LogP contribution is 2.21. The molecular formula is C12H16N6O2. The Bertz CT molecular complexity index is 599. The standard InChI is InChI=1S/C12H16N6O2/c1-2-7-6-14-17-9(7)15-11(19)10-16-12(20-18-10)8-4-3-5-13-8/h6,8,13H,2-5H2,1H3,(H2,14,15,17,19). The van der Waals surface area contributed by atoms with Gasteiger partial charge in [-0.15, -0.1) is 0 Å². The van der Waals surface area contributed by atoms with Crippen molar-refractivity contribution in [3.8, 4) is 0 Å². The second-order valence-electron chi connectivity index (χ2n) is 4.68. The van der Waals surface area contributed by atoms with Crippen molar-refractivity contribution in [1.29, 1.82) is 0 Å². The van der Waals surface area contributed by atoms with Crippen molar-refractivity contribution < 1.29 is 9.32 Å². The van der Waals surface area contributed by atoms with E-state index in [1.165, 1.54) is 0 Å². The summed E-state index contributed by atoms with van der Waals surface area (Å²) in [5.41, 5.74) is 0.930. The Morgan fingerprint density at radius 3 is 3.25 bits per heavy atom. The molecule has 1 amide bonds. The van der Waals surface area contributed by atoms with Crippen molar-refractivity contribution in [2.45, 2.75) is 32.2 Å². The largest absolute Gasteiger partial charge is 0.337 e. The van der Waals surface area contributed by atoms with Gasteiger partial charge in [-0.25, -0.2) is 0 Å². The van der Waals surface area contributed by atoms with Crippen LogP contribution in [0.15, 0.2) is 10.7 Å². The molecule has 1 aliphatic rings. The minimum Gasteiger partial charge on any atom is -0.337 e. The molecule has 0 aromatic carbocycles. The number of nitrogens with one attached hydrogen (secondary N) is 3. The average Bonchev–Trinajstić information content (AvgIpc) is 3.19. The van der Waals surface area contributed by atoms with Gasteiger partial charge in [0.25, 0.3) is 11.7 Å². The number of amides is 1. The number of aromatic amines is 1. The van der Waals surface area contributed by atoms with Crippen LogP contribution >= 0.6 is 0 Å². The van der Waals surface area contributed by atoms with E-state index in [1.54, 1.807) is 6.20 Å². The summed E-state index contributed by atoms with van der Waals surface area (Å²) in [5, 5.41) is 16.3. The van der Waals surface area contributed by atoms with Crippen LogP contribution < -0.4 is 10.6 Å². The summed E-state index contributed by atoms with van der Waals surface area (Å²) < 4.78 is 5.14. The number of carbonyl (C=O) groups excluding carboxylic acids is 1. The number of aromatic nitrogens is 4. The van der Waals surface area contributed by atoms with Gasteiger partial charge >= 0.3 is 0 Å². The number of rotatable bonds is 4. The maximum absolute atomic E-state index is 12.0. The first-order valence-corrected chi connectivity index (χ1v) is 6.68. The van der Waals surface area contributed by atoms with Crippen LogP contribution in [0, 0.1) is 0 Å². The number of H-pyrrole nitrogens is 1. The number of aryl methyl sites for hydroxylation is 1. The molecule has 8 nitrogen and oxygen atoms in total. The summed E-state index contributed by atoms with van der Waals surface area (Å²) in [6.07, 6.45) is 4.47. The fourth-order valence-electron chi connectivity index (χ4n) is 2.22. The monoisotopic (exact) mass is 276 g/mol. The second kappa shape index (κ2) is 5.41. The van der Waals surface area contributed by atoms with Crippen LogP contribution in [0.3, 0.4) is 0 Å². The topological polar surface area (TPSA) is 109 Å². The van der Waals surface area contributed by atoms with E-state index in [-0.39, 0.29) is 11.9 Å². The molecule has 106 valence electrons. The third-order valence-corrected chi connectivity index (χ3v) is 3.34. The lowest BCUT2D eigenvalue weighted by Crippen LogP contribution is -2.16. The smallest absolute Gasteiger partial charge is 0.298 e. The first-order valence-electron chi connectivity index (χ1n) is 6.68. The van der Waals surface area contributed by atoms with Crippen molar-refractivity contribution in [2.75, 3.05) is 11.9 Å². The molecule has 0 bridgehead atoms. The Labute approximate surface area is 115 Å². The van der Waals surface area contributed by atoms with Crippen molar-refractivity contribution in [3.05, 3.63) is 23.5 Å². The van der Waals surface area contributed by atoms with Crippen LogP contribution in [-0.4, -0.2) is 32.8 Å². The summed E-state index contributed by atoms with van der Waals surface area (Å²) in [7, 11) is 0. The van der Waals surface area contributed by atoms with Crippen LogP contribution in [0.5, 0.6) is 0 Å². The van der Waals surface area contributed by atoms with E-state index in [1.807, 2.05) is 6.92 Å². The lowest BCUT2D eigenvalue weighted by molar-refractivity contribution is 0.101. The number of hydrogen-bond acceptors (Lipinski definition) is 6. The summed E-state index contributed by atoms with van der Waals surface area (Å²) in [6, 6.07) is 0.0578. The molecule has 1 aliphatic heterocycles. The minimum atomic E-state index is -0.406. The fourth-order valence-corrected chi connectivity index (χ4v) is 2.22. The molecule has 0 radical (unpaired) electrons. The molecule has 3 heterocycles. The zero-order chi connectivity index (χ0) is 13.9. The zero-order valence-corrected chi connectivity index (χ0v) is 11.1. The van der Waals surface area contributed by atoms with Crippen molar-refractivity contribution >= 4 is 11.7 Å². The van der Waals surface area contributed by atoms with Gasteiger partial charge in [0.2, 0.25) is 5.89 Å². The maximum Gasteiger partial charge on any atom is 0.298 e. The Morgan fingerprint density at radius 1 is 1.60 bits per heavy atom. The molecule has 3 rings (SSSR count). The quantitative estimate of drug-likeness (QED) is 0.769. The van der Waals surface area contributed by atoms with Gasteiger partial charge in [-0.3, -0.25) is 9.89 Å². The highest BCUT2D eigenvalue weighted by molar-refractivity contribution is 6.01. The van der Waals surface area contributed by atoms with Gasteiger partial charge in [-0.2, -0.15) is 10.1 Å². The molecular weight excluding hydrogens is 260 g/mol. The Balaban J connectivity index is 1.71. The van der Waals surface area contributed by atoms with Gasteiger partial charge < -0.3 is 15.2 Å². The van der Waals surface area contributed by atoms with Crippen LogP contribution in [0.1, 0.15) is 47.9 Å². The number of carbonyl (C=O) groups is 1. The first-order chi connectivity index (χ1) is 9.78. The molecule has 1 atom stereocenters. The lowest BCUT2D eigenvalue weighted by atomic mass is 10.2. The van der Waals surface area contributed by atoms with Crippen molar-refractivity contribution in [2.24, 2.45) is 0 Å². The summed E-state index contributed by atoms with van der Waals surface area (Å²) in [5.74, 6) is 0.665. The number of nitrogens with zero attached hydrogens (tertiary/aromatic N) is 3. The van der Waals surface area contributed by atoms with Crippen molar-refractivity contribution in [1.82, 2.24) is 25.7 Å². The molecule has 1 unspecified atom stereocenters. The van der Waals surface area contributed by atoms with Crippen molar-refractivity contribution in [3.63, 3.8) is 0 Å². The summed E-state index contributed by atoms with van der Waals surface area (Å²) in [4.78, 5) is 16.2. The summed E-state index contributed by atoms with van der Waals surface area (Å²) in [6.45, 7) is 2.92. The average molecular weight is 276 g/mol. The van der Waals surface area contributed by atoms with Gasteiger partial charge in [0.1, 0.15) is 5.82 Å². The van der Waals surface area contributed by atoms with E-state index >= 15 is 0 Å². The number of anilines is 1. The Hall–Kier alpha value is -2.22. The molecule has 1 fully saturated rings. The molecule has 20 heavy (non-hydrogen) atoms. The molecule has 2 aromatic rings. The normalized spacial score (nSPS) is 18.4. The predicted molar refractivity (Wildman–Crippen MR) is 70.2 cm³/mol. The first kappa shape index (κ1) is 12.8. The predicted octanol–water partition coefficient (Wildman–Crippen LogP) is 1.03. The fraction of sp³-hybridized carbons (Fsp3) is 0.500. The van der Waals surface area contributed by atoms with Crippen LogP contribution in [0.2, 0.25) is 0 Å². The van der Waals surface area contributed by atoms with E-state index in [2.05, 4.69) is 31.0 Å². The second-order valence-corrected chi connectivity index (χ2v) is 4.68. The van der Waals surface area contributed by atoms with Crippen LogP contribution in [-0.2, 0) is 6.42 Å². The lowest BCUT2D eigenvalue weighted by Gasteiger charge is -2.02. The third-order valence-electron chi connectivity index (χ3n) is 3.34. The highest BCUT2D eigenvalue weighted by Gasteiger charge is 2.24. The number of hydrogen-bond donors (Lipinski definition) is 3. The van der Waals surface area contributed by atoms with Gasteiger partial charge in [0, 0.05) is 5.56 Å². The van der Waals surface area contributed by atoms with E-state index in [4.69, 9.17) is 4.52 Å². The minimum absolute atomic E-state index is 0.0327. The molecule has 8 heteroatoms. The van der Waals surface area contributed by atoms with Crippen LogP contribution in [0.25, 0.3) is 0 Å². The van der Waals surface area contributed by atoms with Gasteiger partial charge in [-0.05, 0) is 25.8 Å². The van der Waals surface area contributed by atoms with E-state index in [9.17, 15) is 4.79 Å². The molecule has 1 saturated heterocycles. The molecule has 3 N–H and O–H groups in total.